The third-order valence-corrected chi connectivity index (χ3v) is 2.66. The lowest BCUT2D eigenvalue weighted by atomic mass is 10.2. The van der Waals surface area contributed by atoms with Crippen LogP contribution in [0.15, 0.2) is 24.3 Å². The van der Waals surface area contributed by atoms with Crippen LogP contribution in [-0.2, 0) is 13.0 Å². The Labute approximate surface area is 97.9 Å². The molecule has 0 spiro atoms. The van der Waals surface area contributed by atoms with E-state index in [1.54, 1.807) is 22.8 Å². The van der Waals surface area contributed by atoms with Gasteiger partial charge in [0, 0.05) is 12.0 Å². The van der Waals surface area contributed by atoms with Gasteiger partial charge < -0.3 is 0 Å². The Bertz CT molecular complexity index is 496. The van der Waals surface area contributed by atoms with E-state index in [-0.39, 0.29) is 5.82 Å². The number of aryl methyl sites for hydroxylation is 1. The minimum atomic E-state index is -0.241. The summed E-state index contributed by atoms with van der Waals surface area (Å²) in [5, 5.41) is 7.98. The van der Waals surface area contributed by atoms with Gasteiger partial charge in [-0.25, -0.2) is 4.39 Å². The molecule has 0 fully saturated rings. The normalized spacial score (nSPS) is 10.7. The molecule has 0 aliphatic rings. The van der Waals surface area contributed by atoms with Crippen LogP contribution in [-0.4, -0.2) is 14.8 Å². The number of hydrogen-bond donors (Lipinski definition) is 0. The number of aromatic nitrogens is 3. The second-order valence-corrected chi connectivity index (χ2v) is 3.75. The van der Waals surface area contributed by atoms with E-state index < -0.39 is 0 Å². The fourth-order valence-corrected chi connectivity index (χ4v) is 1.72. The van der Waals surface area contributed by atoms with Crippen LogP contribution in [0.5, 0.6) is 0 Å². The molecule has 5 heteroatoms. The molecule has 2 rings (SSSR count). The first kappa shape index (κ1) is 11.1. The monoisotopic (exact) mass is 239 g/mol. The summed E-state index contributed by atoms with van der Waals surface area (Å²) in [5.74, 6) is 0.516. The molecular formula is C11H11ClFN3. The second-order valence-electron chi connectivity index (χ2n) is 3.42. The van der Waals surface area contributed by atoms with Crippen molar-refractivity contribution in [2.75, 3.05) is 0 Å². The van der Waals surface area contributed by atoms with Crippen molar-refractivity contribution in [2.45, 2.75) is 19.9 Å². The largest absolute Gasteiger partial charge is 0.297 e. The maximum Gasteiger partial charge on any atom is 0.225 e. The predicted molar refractivity (Wildman–Crippen MR) is 59.9 cm³/mol. The van der Waals surface area contributed by atoms with Crippen molar-refractivity contribution in [3.05, 3.63) is 46.8 Å². The minimum Gasteiger partial charge on any atom is -0.297 e. The lowest BCUT2D eigenvalue weighted by Gasteiger charge is -2.07. The molecule has 0 atom stereocenters. The standard InChI is InChI=1S/C11H11ClFN3/c1-2-10-14-15-11(12)16(10)7-8-5-3-4-6-9(8)13/h3-6H,2,7H2,1H3. The summed E-state index contributed by atoms with van der Waals surface area (Å²) in [6.45, 7) is 2.32. The molecule has 0 saturated heterocycles. The molecule has 16 heavy (non-hydrogen) atoms. The van der Waals surface area contributed by atoms with Gasteiger partial charge in [0.2, 0.25) is 5.28 Å². The second kappa shape index (κ2) is 4.61. The van der Waals surface area contributed by atoms with Crippen molar-refractivity contribution in [1.82, 2.24) is 14.8 Å². The maximum absolute atomic E-state index is 13.5. The smallest absolute Gasteiger partial charge is 0.225 e. The summed E-state index contributed by atoms with van der Waals surface area (Å²) < 4.78 is 15.2. The molecule has 0 unspecified atom stereocenters. The Kier molecular flexibility index (Phi) is 3.19. The lowest BCUT2D eigenvalue weighted by molar-refractivity contribution is 0.595. The fourth-order valence-electron chi connectivity index (χ4n) is 1.53. The molecule has 0 saturated carbocycles. The van der Waals surface area contributed by atoms with Crippen LogP contribution in [0.1, 0.15) is 18.3 Å². The van der Waals surface area contributed by atoms with Crippen molar-refractivity contribution in [3.63, 3.8) is 0 Å². The summed E-state index contributed by atoms with van der Waals surface area (Å²) >= 11 is 5.89. The summed E-state index contributed by atoms with van der Waals surface area (Å²) in [6.07, 6.45) is 0.716. The summed E-state index contributed by atoms with van der Waals surface area (Å²) in [5.41, 5.74) is 0.582. The fraction of sp³-hybridized carbons (Fsp3) is 0.273. The molecule has 3 nitrogen and oxygen atoms in total. The topological polar surface area (TPSA) is 30.7 Å². The molecule has 1 aromatic carbocycles. The Hall–Kier alpha value is -1.42. The molecule has 84 valence electrons. The van der Waals surface area contributed by atoms with Gasteiger partial charge in [-0.2, -0.15) is 0 Å². The van der Waals surface area contributed by atoms with Gasteiger partial charge in [-0.1, -0.05) is 25.1 Å². The van der Waals surface area contributed by atoms with Gasteiger partial charge >= 0.3 is 0 Å². The highest BCUT2D eigenvalue weighted by molar-refractivity contribution is 6.28. The first-order valence-corrected chi connectivity index (χ1v) is 5.41. The molecule has 0 aliphatic carbocycles. The van der Waals surface area contributed by atoms with Gasteiger partial charge in [0.15, 0.2) is 0 Å². The van der Waals surface area contributed by atoms with E-state index in [1.165, 1.54) is 6.07 Å². The van der Waals surface area contributed by atoms with E-state index in [9.17, 15) is 4.39 Å². The Morgan fingerprint density at radius 2 is 2.06 bits per heavy atom. The van der Waals surface area contributed by atoms with E-state index in [2.05, 4.69) is 10.2 Å². The predicted octanol–water partition coefficient (Wildman–Crippen LogP) is 2.68. The van der Waals surface area contributed by atoms with E-state index >= 15 is 0 Å². The molecule has 0 amide bonds. The van der Waals surface area contributed by atoms with Crippen molar-refractivity contribution >= 4 is 11.6 Å². The van der Waals surface area contributed by atoms with Crippen molar-refractivity contribution in [3.8, 4) is 0 Å². The first-order valence-electron chi connectivity index (χ1n) is 5.03. The summed E-state index contributed by atoms with van der Waals surface area (Å²) in [4.78, 5) is 0. The van der Waals surface area contributed by atoms with E-state index in [0.717, 1.165) is 5.82 Å². The van der Waals surface area contributed by atoms with Crippen molar-refractivity contribution < 1.29 is 4.39 Å². The number of nitrogens with zero attached hydrogens (tertiary/aromatic N) is 3. The van der Waals surface area contributed by atoms with E-state index in [4.69, 9.17) is 11.6 Å². The number of hydrogen-bond acceptors (Lipinski definition) is 2. The summed E-state index contributed by atoms with van der Waals surface area (Å²) in [6, 6.07) is 6.61. The minimum absolute atomic E-state index is 0.241. The van der Waals surface area contributed by atoms with Crippen LogP contribution in [0.3, 0.4) is 0 Å². The lowest BCUT2D eigenvalue weighted by Crippen LogP contribution is -2.06. The zero-order chi connectivity index (χ0) is 11.5. The number of halogens is 2. The molecule has 1 heterocycles. The molecule has 1 aromatic heterocycles. The molecule has 0 N–H and O–H groups in total. The van der Waals surface area contributed by atoms with Crippen LogP contribution in [0.25, 0.3) is 0 Å². The van der Waals surface area contributed by atoms with Crippen molar-refractivity contribution in [1.29, 1.82) is 0 Å². The molecule has 0 aliphatic heterocycles. The molecular weight excluding hydrogens is 229 g/mol. The van der Waals surface area contributed by atoms with Crippen molar-refractivity contribution in [2.24, 2.45) is 0 Å². The van der Waals surface area contributed by atoms with Crippen LogP contribution in [0.4, 0.5) is 4.39 Å². The van der Waals surface area contributed by atoms with Gasteiger partial charge in [0.05, 0.1) is 6.54 Å². The number of benzene rings is 1. The highest BCUT2D eigenvalue weighted by Gasteiger charge is 2.10. The molecule has 2 aromatic rings. The quantitative estimate of drug-likeness (QED) is 0.825. The van der Waals surface area contributed by atoms with Gasteiger partial charge in [-0.15, -0.1) is 10.2 Å². The first-order chi connectivity index (χ1) is 7.72. The Morgan fingerprint density at radius 3 is 2.75 bits per heavy atom. The average Bonchev–Trinajstić information content (AvgIpc) is 2.63. The van der Waals surface area contributed by atoms with E-state index in [0.29, 0.717) is 23.8 Å². The highest BCUT2D eigenvalue weighted by atomic mass is 35.5. The highest BCUT2D eigenvalue weighted by Crippen LogP contribution is 2.14. The van der Waals surface area contributed by atoms with Gasteiger partial charge in [-0.05, 0) is 17.7 Å². The van der Waals surface area contributed by atoms with Gasteiger partial charge in [0.1, 0.15) is 11.6 Å². The SMILES string of the molecule is CCc1nnc(Cl)n1Cc1ccccc1F. The molecule has 0 radical (unpaired) electrons. The Balaban J connectivity index is 2.33. The van der Waals surface area contributed by atoms with Crippen LogP contribution in [0, 0.1) is 5.82 Å². The van der Waals surface area contributed by atoms with Crippen LogP contribution < -0.4 is 0 Å². The van der Waals surface area contributed by atoms with Gasteiger partial charge in [-0.3, -0.25) is 4.57 Å². The Morgan fingerprint density at radius 1 is 1.31 bits per heavy atom. The third-order valence-electron chi connectivity index (χ3n) is 2.38. The average molecular weight is 240 g/mol. The third kappa shape index (κ3) is 2.07. The number of rotatable bonds is 3. The van der Waals surface area contributed by atoms with Gasteiger partial charge in [0.25, 0.3) is 0 Å². The summed E-state index contributed by atoms with van der Waals surface area (Å²) in [7, 11) is 0. The zero-order valence-electron chi connectivity index (χ0n) is 8.82. The zero-order valence-corrected chi connectivity index (χ0v) is 9.58. The van der Waals surface area contributed by atoms with E-state index in [1.807, 2.05) is 6.92 Å². The van der Waals surface area contributed by atoms with Crippen LogP contribution >= 0.6 is 11.6 Å². The van der Waals surface area contributed by atoms with Crippen LogP contribution in [0.2, 0.25) is 5.28 Å². The maximum atomic E-state index is 13.5. The molecule has 0 bridgehead atoms.